The van der Waals surface area contributed by atoms with Crippen LogP contribution in [-0.2, 0) is 29.0 Å². The van der Waals surface area contributed by atoms with Crippen LogP contribution in [0.3, 0.4) is 0 Å². The fourth-order valence-electron chi connectivity index (χ4n) is 5.34. The highest BCUT2D eigenvalue weighted by atomic mass is 32.1. The first kappa shape index (κ1) is 21.4. The first-order chi connectivity index (χ1) is 17.1. The Morgan fingerprint density at radius 3 is 2.86 bits per heavy atom. The van der Waals surface area contributed by atoms with Gasteiger partial charge in [-0.15, -0.1) is 16.4 Å². The molecule has 0 radical (unpaired) electrons. The fraction of sp³-hybridized carbons (Fsp3) is 0.423. The van der Waals surface area contributed by atoms with Crippen molar-refractivity contribution in [1.82, 2.24) is 29.0 Å². The maximum absolute atomic E-state index is 6.05. The Kier molecular flexibility index (Phi) is 4.96. The summed E-state index contributed by atoms with van der Waals surface area (Å²) >= 11 is 1.71. The molecule has 0 spiro atoms. The van der Waals surface area contributed by atoms with E-state index >= 15 is 0 Å². The summed E-state index contributed by atoms with van der Waals surface area (Å²) in [5, 5.41) is 7.19. The Morgan fingerprint density at radius 2 is 1.97 bits per heavy atom. The van der Waals surface area contributed by atoms with Crippen LogP contribution in [0.4, 0.5) is 0 Å². The van der Waals surface area contributed by atoms with Gasteiger partial charge in [-0.25, -0.2) is 14.5 Å². The highest BCUT2D eigenvalue weighted by Gasteiger charge is 2.31. The quantitative estimate of drug-likeness (QED) is 0.379. The highest BCUT2D eigenvalue weighted by molar-refractivity contribution is 7.19. The van der Waals surface area contributed by atoms with Gasteiger partial charge >= 0.3 is 0 Å². The molecular weight excluding hydrogens is 460 g/mol. The Labute approximate surface area is 207 Å². The van der Waals surface area contributed by atoms with Gasteiger partial charge in [0.15, 0.2) is 11.5 Å². The SMILES string of the molecule is CC1(C)Cc2c(sc3ncn4nc(-c5cn(CCN6CCOCC6)c6ccccc56)nc4c23)CO1. The molecule has 0 saturated carbocycles. The van der Waals surface area contributed by atoms with Crippen LogP contribution in [-0.4, -0.2) is 67.5 Å². The van der Waals surface area contributed by atoms with E-state index < -0.39 is 0 Å². The third-order valence-corrected chi connectivity index (χ3v) is 8.31. The minimum absolute atomic E-state index is 0.190. The van der Waals surface area contributed by atoms with Crippen molar-refractivity contribution < 1.29 is 9.47 Å². The van der Waals surface area contributed by atoms with Gasteiger partial charge in [0, 0.05) is 60.1 Å². The van der Waals surface area contributed by atoms with Crippen molar-refractivity contribution in [3.63, 3.8) is 0 Å². The first-order valence-corrected chi connectivity index (χ1v) is 13.1. The highest BCUT2D eigenvalue weighted by Crippen LogP contribution is 2.40. The van der Waals surface area contributed by atoms with Crippen LogP contribution in [0.25, 0.3) is 38.2 Å². The predicted octanol–water partition coefficient (Wildman–Crippen LogP) is 4.14. The Balaban J connectivity index is 1.32. The lowest BCUT2D eigenvalue weighted by Gasteiger charge is -2.30. The van der Waals surface area contributed by atoms with Gasteiger partial charge < -0.3 is 14.0 Å². The molecule has 7 rings (SSSR count). The van der Waals surface area contributed by atoms with Crippen molar-refractivity contribution in [1.29, 1.82) is 0 Å². The zero-order chi connectivity index (χ0) is 23.6. The number of fused-ring (bicyclic) bond motifs is 6. The summed E-state index contributed by atoms with van der Waals surface area (Å²) in [6.45, 7) is 10.5. The summed E-state index contributed by atoms with van der Waals surface area (Å²) in [7, 11) is 0. The fourth-order valence-corrected chi connectivity index (χ4v) is 6.40. The summed E-state index contributed by atoms with van der Waals surface area (Å²) in [6.07, 6.45) is 4.86. The van der Waals surface area contributed by atoms with Crippen LogP contribution >= 0.6 is 11.3 Å². The average Bonchev–Trinajstić information content (AvgIpc) is 3.55. The van der Waals surface area contributed by atoms with E-state index in [9.17, 15) is 0 Å². The van der Waals surface area contributed by atoms with E-state index in [-0.39, 0.29) is 5.60 Å². The molecule has 0 N–H and O–H groups in total. The molecule has 1 aromatic carbocycles. The van der Waals surface area contributed by atoms with Crippen molar-refractivity contribution >= 4 is 38.1 Å². The van der Waals surface area contributed by atoms with E-state index in [1.165, 1.54) is 21.3 Å². The lowest BCUT2D eigenvalue weighted by Crippen LogP contribution is -2.38. The van der Waals surface area contributed by atoms with Gasteiger partial charge in [0.2, 0.25) is 0 Å². The van der Waals surface area contributed by atoms with E-state index in [0.29, 0.717) is 6.61 Å². The first-order valence-electron chi connectivity index (χ1n) is 12.2. The van der Waals surface area contributed by atoms with Gasteiger partial charge in [-0.05, 0) is 25.5 Å². The minimum atomic E-state index is -0.190. The largest absolute Gasteiger partial charge is 0.379 e. The van der Waals surface area contributed by atoms with E-state index in [4.69, 9.17) is 24.5 Å². The van der Waals surface area contributed by atoms with E-state index in [2.05, 4.69) is 53.8 Å². The average molecular weight is 489 g/mol. The number of para-hydroxylation sites is 1. The molecule has 0 atom stereocenters. The van der Waals surface area contributed by atoms with Gasteiger partial charge in [-0.2, -0.15) is 0 Å². The van der Waals surface area contributed by atoms with Crippen molar-refractivity contribution in [2.75, 3.05) is 32.8 Å². The smallest absolute Gasteiger partial charge is 0.184 e. The standard InChI is InChI=1S/C26H28N6O2S/c1-26(2)13-18-21(15-34-26)35-25-22(18)24-28-23(29-32(24)16-27-25)19-14-31(20-6-4-3-5-17(19)20)8-7-30-9-11-33-12-10-30/h3-6,14,16H,7-13,15H2,1-2H3. The maximum Gasteiger partial charge on any atom is 0.184 e. The number of nitrogens with zero attached hydrogens (tertiary/aromatic N) is 6. The summed E-state index contributed by atoms with van der Waals surface area (Å²) in [4.78, 5) is 14.5. The molecule has 1 fully saturated rings. The number of ether oxygens (including phenoxy) is 2. The molecule has 2 aliphatic heterocycles. The zero-order valence-electron chi connectivity index (χ0n) is 20.0. The van der Waals surface area contributed by atoms with Crippen molar-refractivity contribution in [2.45, 2.75) is 39.0 Å². The number of morpholine rings is 1. The molecule has 8 nitrogen and oxygen atoms in total. The van der Waals surface area contributed by atoms with Gasteiger partial charge in [0.1, 0.15) is 11.2 Å². The number of thiophene rings is 1. The summed E-state index contributed by atoms with van der Waals surface area (Å²) in [5.41, 5.74) is 4.28. The Hall–Kier alpha value is -2.85. The molecule has 4 aromatic heterocycles. The van der Waals surface area contributed by atoms with E-state index in [1.807, 2.05) is 4.52 Å². The predicted molar refractivity (Wildman–Crippen MR) is 137 cm³/mol. The maximum atomic E-state index is 6.05. The number of rotatable bonds is 4. The summed E-state index contributed by atoms with van der Waals surface area (Å²) in [5.74, 6) is 0.742. The third kappa shape index (κ3) is 3.65. The molecule has 1 saturated heterocycles. The normalized spacial score (nSPS) is 18.6. The van der Waals surface area contributed by atoms with Gasteiger partial charge in [-0.3, -0.25) is 4.90 Å². The van der Waals surface area contributed by atoms with Crippen LogP contribution in [0.2, 0.25) is 0 Å². The van der Waals surface area contributed by atoms with Crippen molar-refractivity contribution in [2.24, 2.45) is 0 Å². The van der Waals surface area contributed by atoms with Crippen LogP contribution in [0, 0.1) is 0 Å². The van der Waals surface area contributed by atoms with E-state index in [1.54, 1.807) is 17.7 Å². The van der Waals surface area contributed by atoms with Crippen molar-refractivity contribution in [3.05, 3.63) is 47.2 Å². The van der Waals surface area contributed by atoms with Gasteiger partial charge in [-0.1, -0.05) is 18.2 Å². The number of hydrogen-bond donors (Lipinski definition) is 0. The van der Waals surface area contributed by atoms with Gasteiger partial charge in [0.25, 0.3) is 0 Å². The summed E-state index contributed by atoms with van der Waals surface area (Å²) in [6, 6.07) is 8.54. The number of benzene rings is 1. The second kappa shape index (κ2) is 8.09. The molecule has 0 aliphatic carbocycles. The second-order valence-electron chi connectivity index (χ2n) is 10.1. The molecule has 0 amide bonds. The lowest BCUT2D eigenvalue weighted by molar-refractivity contribution is -0.0379. The molecule has 35 heavy (non-hydrogen) atoms. The molecule has 180 valence electrons. The second-order valence-corrected chi connectivity index (χ2v) is 11.1. The monoisotopic (exact) mass is 488 g/mol. The molecule has 9 heteroatoms. The van der Waals surface area contributed by atoms with E-state index in [0.717, 1.165) is 73.1 Å². The molecule has 0 bridgehead atoms. The third-order valence-electron chi connectivity index (χ3n) is 7.20. The van der Waals surface area contributed by atoms with Gasteiger partial charge in [0.05, 0.1) is 30.8 Å². The summed E-state index contributed by atoms with van der Waals surface area (Å²) < 4.78 is 15.7. The minimum Gasteiger partial charge on any atom is -0.379 e. The molecule has 5 aromatic rings. The number of aromatic nitrogens is 5. The molecule has 0 unspecified atom stereocenters. The number of hydrogen-bond acceptors (Lipinski definition) is 7. The topological polar surface area (TPSA) is 69.7 Å². The van der Waals surface area contributed by atoms with Crippen LogP contribution in [0.15, 0.2) is 36.8 Å². The van der Waals surface area contributed by atoms with Crippen LogP contribution in [0.1, 0.15) is 24.3 Å². The molecule has 6 heterocycles. The molecular formula is C26H28N6O2S. The Bertz CT molecular complexity index is 1560. The van der Waals surface area contributed by atoms with Crippen molar-refractivity contribution in [3.8, 4) is 11.4 Å². The zero-order valence-corrected chi connectivity index (χ0v) is 20.8. The van der Waals surface area contributed by atoms with Crippen LogP contribution < -0.4 is 0 Å². The molecule has 2 aliphatic rings. The Morgan fingerprint density at radius 1 is 1.11 bits per heavy atom. The van der Waals surface area contributed by atoms with Crippen LogP contribution in [0.5, 0.6) is 0 Å². The lowest BCUT2D eigenvalue weighted by atomic mass is 9.94.